The summed E-state index contributed by atoms with van der Waals surface area (Å²) < 4.78 is 4.76. The van der Waals surface area contributed by atoms with E-state index >= 15 is 0 Å². The van der Waals surface area contributed by atoms with Crippen molar-refractivity contribution in [2.75, 3.05) is 0 Å². The quantitative estimate of drug-likeness (QED) is 0.197. The molecule has 200 valence electrons. The molecule has 42 heavy (non-hydrogen) atoms. The van der Waals surface area contributed by atoms with Gasteiger partial charge in [0.2, 0.25) is 0 Å². The molecule has 0 aliphatic rings. The molecule has 0 aliphatic heterocycles. The fourth-order valence-corrected chi connectivity index (χ4v) is 6.55. The van der Waals surface area contributed by atoms with Crippen LogP contribution in [0.5, 0.6) is 0 Å². The summed E-state index contributed by atoms with van der Waals surface area (Å²) in [5.41, 5.74) is 12.3. The Bertz CT molecular complexity index is 2050. The van der Waals surface area contributed by atoms with Crippen LogP contribution in [-0.4, -0.2) is 9.13 Å². The summed E-state index contributed by atoms with van der Waals surface area (Å²) in [7, 11) is 0. The Morgan fingerprint density at radius 3 is 1.00 bits per heavy atom. The molecular weight excluding hydrogens is 508 g/mol. The van der Waals surface area contributed by atoms with Gasteiger partial charge in [-0.25, -0.2) is 0 Å². The molecule has 2 nitrogen and oxygen atoms in total. The van der Waals surface area contributed by atoms with Crippen LogP contribution in [0.2, 0.25) is 0 Å². The second kappa shape index (κ2) is 9.64. The molecule has 0 unspecified atom stereocenters. The zero-order chi connectivity index (χ0) is 28.2. The highest BCUT2D eigenvalue weighted by molar-refractivity contribution is 6.10. The standard InChI is InChI=1S/C40H30N2/c1-27-25-31(41-37-15-7-3-11-33(37)34-12-4-8-16-38(34)41)23-21-29(27)19-20-30-22-24-32(26-28(30)2)42-39-17-9-5-13-35(39)36-14-6-10-18-40(36)42/h3-26H,1-2H3/b20-19+. The molecule has 0 fully saturated rings. The van der Waals surface area contributed by atoms with Gasteiger partial charge in [0, 0.05) is 32.9 Å². The van der Waals surface area contributed by atoms with E-state index in [1.807, 2.05) is 0 Å². The van der Waals surface area contributed by atoms with Crippen LogP contribution in [0, 0.1) is 13.8 Å². The third-order valence-electron chi connectivity index (χ3n) is 8.63. The molecule has 0 atom stereocenters. The predicted octanol–water partition coefficient (Wildman–Crippen LogP) is 10.7. The number of para-hydroxylation sites is 4. The molecule has 2 heterocycles. The van der Waals surface area contributed by atoms with Gasteiger partial charge in [-0.2, -0.15) is 0 Å². The zero-order valence-corrected chi connectivity index (χ0v) is 23.8. The summed E-state index contributed by atoms with van der Waals surface area (Å²) in [5, 5.41) is 5.15. The number of nitrogens with zero attached hydrogens (tertiary/aromatic N) is 2. The molecule has 0 amide bonds. The van der Waals surface area contributed by atoms with Crippen LogP contribution in [0.3, 0.4) is 0 Å². The number of rotatable bonds is 4. The highest BCUT2D eigenvalue weighted by Gasteiger charge is 2.13. The van der Waals surface area contributed by atoms with Gasteiger partial charge in [-0.15, -0.1) is 0 Å². The van der Waals surface area contributed by atoms with E-state index in [2.05, 4.69) is 169 Å². The van der Waals surface area contributed by atoms with Crippen LogP contribution >= 0.6 is 0 Å². The second-order valence-corrected chi connectivity index (χ2v) is 11.2. The summed E-state index contributed by atoms with van der Waals surface area (Å²) in [6.45, 7) is 4.41. The van der Waals surface area contributed by atoms with E-state index in [-0.39, 0.29) is 0 Å². The lowest BCUT2D eigenvalue weighted by Crippen LogP contribution is -1.96. The van der Waals surface area contributed by atoms with Crippen LogP contribution in [0.4, 0.5) is 0 Å². The van der Waals surface area contributed by atoms with Crippen molar-refractivity contribution in [2.24, 2.45) is 0 Å². The predicted molar refractivity (Wildman–Crippen MR) is 180 cm³/mol. The molecule has 6 aromatic carbocycles. The van der Waals surface area contributed by atoms with Gasteiger partial charge in [0.25, 0.3) is 0 Å². The van der Waals surface area contributed by atoms with Gasteiger partial charge >= 0.3 is 0 Å². The highest BCUT2D eigenvalue weighted by Crippen LogP contribution is 2.34. The van der Waals surface area contributed by atoms with Crippen molar-refractivity contribution < 1.29 is 0 Å². The van der Waals surface area contributed by atoms with Gasteiger partial charge < -0.3 is 9.13 Å². The van der Waals surface area contributed by atoms with Crippen LogP contribution in [-0.2, 0) is 0 Å². The molecule has 0 saturated carbocycles. The minimum absolute atomic E-state index is 1.19. The highest BCUT2D eigenvalue weighted by atomic mass is 15.0. The number of aromatic nitrogens is 2. The maximum absolute atomic E-state index is 2.38. The Balaban J connectivity index is 1.15. The van der Waals surface area contributed by atoms with Crippen LogP contribution < -0.4 is 0 Å². The third-order valence-corrected chi connectivity index (χ3v) is 8.63. The molecule has 0 aliphatic carbocycles. The number of fused-ring (bicyclic) bond motifs is 6. The van der Waals surface area contributed by atoms with E-state index in [9.17, 15) is 0 Å². The first-order valence-corrected chi connectivity index (χ1v) is 14.5. The lowest BCUT2D eigenvalue weighted by Gasteiger charge is -2.11. The van der Waals surface area contributed by atoms with E-state index in [0.717, 1.165) is 0 Å². The molecule has 2 heteroatoms. The first kappa shape index (κ1) is 24.5. The molecule has 0 saturated heterocycles. The van der Waals surface area contributed by atoms with Crippen LogP contribution in [0.15, 0.2) is 133 Å². The Morgan fingerprint density at radius 2 is 0.690 bits per heavy atom. The Hall–Kier alpha value is -5.34. The number of aryl methyl sites for hydroxylation is 2. The number of hydrogen-bond acceptors (Lipinski definition) is 0. The Kier molecular flexibility index (Phi) is 5.61. The van der Waals surface area contributed by atoms with Crippen molar-refractivity contribution in [3.8, 4) is 11.4 Å². The summed E-state index contributed by atoms with van der Waals surface area (Å²) in [4.78, 5) is 0. The first-order chi connectivity index (χ1) is 20.7. The van der Waals surface area contributed by atoms with E-state index < -0.39 is 0 Å². The molecule has 2 aromatic heterocycles. The Labute approximate surface area is 245 Å². The van der Waals surface area contributed by atoms with Gasteiger partial charge in [-0.1, -0.05) is 97.1 Å². The van der Waals surface area contributed by atoms with Gasteiger partial charge in [-0.05, 0) is 84.6 Å². The minimum atomic E-state index is 1.19. The molecule has 0 radical (unpaired) electrons. The Morgan fingerprint density at radius 1 is 0.381 bits per heavy atom. The summed E-state index contributed by atoms with van der Waals surface area (Å²) in [5.74, 6) is 0. The van der Waals surface area contributed by atoms with Crippen LogP contribution in [0.25, 0.3) is 67.1 Å². The monoisotopic (exact) mass is 538 g/mol. The molecule has 0 bridgehead atoms. The fourth-order valence-electron chi connectivity index (χ4n) is 6.55. The lowest BCUT2D eigenvalue weighted by atomic mass is 10.0. The normalized spacial score (nSPS) is 12.0. The zero-order valence-electron chi connectivity index (χ0n) is 23.8. The maximum atomic E-state index is 2.38. The third kappa shape index (κ3) is 3.80. The van der Waals surface area contributed by atoms with Crippen molar-refractivity contribution >= 4 is 55.8 Å². The fraction of sp³-hybridized carbons (Fsp3) is 0.0500. The minimum Gasteiger partial charge on any atom is -0.309 e. The maximum Gasteiger partial charge on any atom is 0.0541 e. The summed E-state index contributed by atoms with van der Waals surface area (Å²) in [6, 6.07) is 48.3. The van der Waals surface area contributed by atoms with Crippen molar-refractivity contribution in [1.29, 1.82) is 0 Å². The van der Waals surface area contributed by atoms with E-state index in [1.165, 1.54) is 77.2 Å². The molecular formula is C40H30N2. The molecule has 8 aromatic rings. The largest absolute Gasteiger partial charge is 0.309 e. The molecule has 8 rings (SSSR count). The van der Waals surface area contributed by atoms with Crippen LogP contribution in [0.1, 0.15) is 22.3 Å². The van der Waals surface area contributed by atoms with E-state index in [4.69, 9.17) is 0 Å². The summed E-state index contributed by atoms with van der Waals surface area (Å²) >= 11 is 0. The SMILES string of the molecule is Cc1cc(-n2c3ccccc3c3ccccc32)ccc1/C=C/c1ccc(-n2c3ccccc3c3ccccc32)cc1C. The van der Waals surface area contributed by atoms with E-state index in [0.29, 0.717) is 0 Å². The average molecular weight is 539 g/mol. The van der Waals surface area contributed by atoms with Crippen molar-refractivity contribution in [1.82, 2.24) is 9.13 Å². The second-order valence-electron chi connectivity index (χ2n) is 11.2. The lowest BCUT2D eigenvalue weighted by molar-refractivity contribution is 1.17. The topological polar surface area (TPSA) is 9.86 Å². The van der Waals surface area contributed by atoms with Crippen molar-refractivity contribution in [3.63, 3.8) is 0 Å². The average Bonchev–Trinajstić information content (AvgIpc) is 3.54. The van der Waals surface area contributed by atoms with Gasteiger partial charge in [0.05, 0.1) is 22.1 Å². The smallest absolute Gasteiger partial charge is 0.0541 e. The van der Waals surface area contributed by atoms with Gasteiger partial charge in [0.15, 0.2) is 0 Å². The van der Waals surface area contributed by atoms with Crippen molar-refractivity contribution in [2.45, 2.75) is 13.8 Å². The van der Waals surface area contributed by atoms with Gasteiger partial charge in [-0.3, -0.25) is 0 Å². The first-order valence-electron chi connectivity index (χ1n) is 14.5. The van der Waals surface area contributed by atoms with E-state index in [1.54, 1.807) is 0 Å². The van der Waals surface area contributed by atoms with Crippen molar-refractivity contribution in [3.05, 3.63) is 156 Å². The molecule has 0 N–H and O–H groups in total. The van der Waals surface area contributed by atoms with Gasteiger partial charge in [0.1, 0.15) is 0 Å². The number of hydrogen-bond donors (Lipinski definition) is 0. The molecule has 0 spiro atoms. The summed E-state index contributed by atoms with van der Waals surface area (Å²) in [6.07, 6.45) is 4.49. The number of benzene rings is 6.